The molecule has 2 saturated carbocycles. The summed E-state index contributed by atoms with van der Waals surface area (Å²) in [5, 5.41) is 0. The van der Waals surface area contributed by atoms with Crippen LogP contribution in [0.2, 0.25) is 0 Å². The summed E-state index contributed by atoms with van der Waals surface area (Å²) in [6.07, 6.45) is 5.57. The van der Waals surface area contributed by atoms with Crippen molar-refractivity contribution in [3.8, 4) is 0 Å². The predicted octanol–water partition coefficient (Wildman–Crippen LogP) is 1.80. The molecule has 3 nitrogen and oxygen atoms in total. The maximum Gasteiger partial charge on any atom is 0.306 e. The number of carbonyl (C=O) groups excluding carboxylic acids is 1. The minimum absolute atomic E-state index is 0.0652. The molecule has 2 aliphatic rings. The Bertz CT molecular complexity index is 262. The molecule has 0 aromatic carbocycles. The summed E-state index contributed by atoms with van der Waals surface area (Å²) < 4.78 is 4.73. The molecule has 2 N–H and O–H groups in total. The number of hydrogen-bond donors (Lipinski definition) is 1. The molecule has 1 unspecified atom stereocenters. The fraction of sp³-hybridized carbons (Fsp3) is 0.917. The number of carbonyl (C=O) groups is 1. The van der Waals surface area contributed by atoms with Crippen molar-refractivity contribution in [2.45, 2.75) is 38.1 Å². The molecule has 1 atom stereocenters. The lowest BCUT2D eigenvalue weighted by Gasteiger charge is -2.15. The fourth-order valence-electron chi connectivity index (χ4n) is 2.00. The van der Waals surface area contributed by atoms with Crippen LogP contribution in [0.5, 0.6) is 0 Å². The largest absolute Gasteiger partial charge is 0.469 e. The summed E-state index contributed by atoms with van der Waals surface area (Å²) in [6, 6.07) is 0.374. The van der Waals surface area contributed by atoms with Crippen LogP contribution in [0.15, 0.2) is 0 Å². The average molecular weight is 243 g/mol. The molecule has 0 aromatic rings. The summed E-state index contributed by atoms with van der Waals surface area (Å²) in [4.78, 5) is 11.2. The molecule has 2 aliphatic carbocycles. The van der Waals surface area contributed by atoms with Gasteiger partial charge in [-0.1, -0.05) is 0 Å². The zero-order valence-corrected chi connectivity index (χ0v) is 10.7. The second kappa shape index (κ2) is 4.96. The van der Waals surface area contributed by atoms with E-state index in [0.29, 0.717) is 12.5 Å². The van der Waals surface area contributed by atoms with Crippen molar-refractivity contribution in [3.63, 3.8) is 0 Å². The number of methoxy groups -OCH3 is 1. The number of hydrogen-bond acceptors (Lipinski definition) is 4. The number of thioether (sulfide) groups is 1. The molecule has 2 rings (SSSR count). The van der Waals surface area contributed by atoms with E-state index in [1.54, 1.807) is 0 Å². The van der Waals surface area contributed by atoms with Crippen molar-refractivity contribution in [1.29, 1.82) is 0 Å². The van der Waals surface area contributed by atoms with E-state index >= 15 is 0 Å². The lowest BCUT2D eigenvalue weighted by molar-refractivity contribution is -0.141. The molecule has 0 spiro atoms. The van der Waals surface area contributed by atoms with Gasteiger partial charge in [0.05, 0.1) is 13.5 Å². The summed E-state index contributed by atoms with van der Waals surface area (Å²) in [7, 11) is 1.47. The standard InChI is InChI=1S/C12H21NO2S/c1-15-11(14)6-12(4-5-12)8-16-7-10(13)9-2-3-9/h9-10H,2-8,13H2,1H3. The Morgan fingerprint density at radius 3 is 2.75 bits per heavy atom. The lowest BCUT2D eigenvalue weighted by Crippen LogP contribution is -2.26. The van der Waals surface area contributed by atoms with Crippen molar-refractivity contribution in [2.75, 3.05) is 18.6 Å². The molecule has 0 heterocycles. The molecule has 92 valence electrons. The summed E-state index contributed by atoms with van der Waals surface area (Å²) in [6.45, 7) is 0. The van der Waals surface area contributed by atoms with Crippen LogP contribution in [-0.4, -0.2) is 30.6 Å². The summed E-state index contributed by atoms with van der Waals surface area (Å²) >= 11 is 1.92. The van der Waals surface area contributed by atoms with Gasteiger partial charge in [-0.05, 0) is 42.8 Å². The van der Waals surface area contributed by atoms with Gasteiger partial charge in [0.1, 0.15) is 0 Å². The SMILES string of the molecule is COC(=O)CC1(CSCC(N)C2CC2)CC1. The number of rotatable bonds is 7. The fourth-order valence-corrected chi connectivity index (χ4v) is 3.49. The lowest BCUT2D eigenvalue weighted by atomic mass is 10.1. The zero-order chi connectivity index (χ0) is 11.6. The van der Waals surface area contributed by atoms with Crippen LogP contribution in [0.4, 0.5) is 0 Å². The second-order valence-electron chi connectivity index (χ2n) is 5.27. The molecule has 16 heavy (non-hydrogen) atoms. The second-order valence-corrected chi connectivity index (χ2v) is 6.30. The van der Waals surface area contributed by atoms with E-state index in [-0.39, 0.29) is 11.4 Å². The third kappa shape index (κ3) is 3.39. The monoisotopic (exact) mass is 243 g/mol. The third-order valence-corrected chi connectivity index (χ3v) is 5.09. The molecule has 2 fully saturated rings. The number of ether oxygens (including phenoxy) is 1. The molecular weight excluding hydrogens is 222 g/mol. The smallest absolute Gasteiger partial charge is 0.306 e. The first-order chi connectivity index (χ1) is 7.65. The summed E-state index contributed by atoms with van der Waals surface area (Å²) in [5.41, 5.74) is 6.29. The Labute approximate surface area is 101 Å². The van der Waals surface area contributed by atoms with E-state index in [1.165, 1.54) is 32.8 Å². The quantitative estimate of drug-likeness (QED) is 0.693. The molecule has 0 aliphatic heterocycles. The van der Waals surface area contributed by atoms with Crippen LogP contribution < -0.4 is 5.73 Å². The van der Waals surface area contributed by atoms with Gasteiger partial charge < -0.3 is 10.5 Å². The van der Waals surface area contributed by atoms with Gasteiger partial charge in [-0.2, -0.15) is 11.8 Å². The van der Waals surface area contributed by atoms with Crippen LogP contribution in [0, 0.1) is 11.3 Å². The van der Waals surface area contributed by atoms with Crippen LogP contribution in [0.1, 0.15) is 32.1 Å². The van der Waals surface area contributed by atoms with Gasteiger partial charge in [-0.15, -0.1) is 0 Å². The Hall–Kier alpha value is -0.220. The van der Waals surface area contributed by atoms with Crippen molar-refractivity contribution < 1.29 is 9.53 Å². The Morgan fingerprint density at radius 1 is 1.56 bits per heavy atom. The van der Waals surface area contributed by atoms with Gasteiger partial charge in [-0.3, -0.25) is 4.79 Å². The zero-order valence-electron chi connectivity index (χ0n) is 9.91. The Kier molecular flexibility index (Phi) is 3.80. The van der Waals surface area contributed by atoms with E-state index in [1.807, 2.05) is 11.8 Å². The number of nitrogens with two attached hydrogens (primary N) is 1. The maximum absolute atomic E-state index is 11.2. The first-order valence-electron chi connectivity index (χ1n) is 6.05. The van der Waals surface area contributed by atoms with E-state index in [0.717, 1.165) is 17.4 Å². The van der Waals surface area contributed by atoms with Crippen LogP contribution >= 0.6 is 11.8 Å². The van der Waals surface area contributed by atoms with Crippen LogP contribution in [0.25, 0.3) is 0 Å². The number of esters is 1. The predicted molar refractivity (Wildman–Crippen MR) is 66.3 cm³/mol. The first-order valence-corrected chi connectivity index (χ1v) is 7.21. The average Bonchev–Trinajstić information content (AvgIpc) is 3.12. The maximum atomic E-state index is 11.2. The Balaban J connectivity index is 1.63. The third-order valence-electron chi connectivity index (χ3n) is 3.65. The van der Waals surface area contributed by atoms with Gasteiger partial charge in [0, 0.05) is 11.8 Å². The van der Waals surface area contributed by atoms with Crippen molar-refractivity contribution in [1.82, 2.24) is 0 Å². The van der Waals surface area contributed by atoms with E-state index < -0.39 is 0 Å². The highest BCUT2D eigenvalue weighted by atomic mass is 32.2. The van der Waals surface area contributed by atoms with Gasteiger partial charge >= 0.3 is 5.97 Å². The molecule has 4 heteroatoms. The highest BCUT2D eigenvalue weighted by molar-refractivity contribution is 7.99. The molecule has 0 radical (unpaired) electrons. The van der Waals surface area contributed by atoms with Crippen LogP contribution in [0.3, 0.4) is 0 Å². The van der Waals surface area contributed by atoms with Crippen molar-refractivity contribution in [3.05, 3.63) is 0 Å². The van der Waals surface area contributed by atoms with E-state index in [4.69, 9.17) is 10.5 Å². The van der Waals surface area contributed by atoms with Gasteiger partial charge in [0.25, 0.3) is 0 Å². The molecule has 0 aromatic heterocycles. The molecular formula is C12H21NO2S. The van der Waals surface area contributed by atoms with Gasteiger partial charge in [-0.25, -0.2) is 0 Å². The Morgan fingerprint density at radius 2 is 2.25 bits per heavy atom. The molecule has 0 amide bonds. The summed E-state index contributed by atoms with van der Waals surface area (Å²) in [5.74, 6) is 2.84. The first kappa shape index (κ1) is 12.2. The van der Waals surface area contributed by atoms with E-state index in [2.05, 4.69) is 0 Å². The van der Waals surface area contributed by atoms with Crippen LogP contribution in [-0.2, 0) is 9.53 Å². The van der Waals surface area contributed by atoms with Gasteiger partial charge in [0.2, 0.25) is 0 Å². The topological polar surface area (TPSA) is 52.3 Å². The highest BCUT2D eigenvalue weighted by Gasteiger charge is 2.44. The minimum atomic E-state index is -0.0652. The minimum Gasteiger partial charge on any atom is -0.469 e. The van der Waals surface area contributed by atoms with E-state index in [9.17, 15) is 4.79 Å². The molecule has 0 saturated heterocycles. The highest BCUT2D eigenvalue weighted by Crippen LogP contribution is 2.51. The normalized spacial score (nSPS) is 23.9. The van der Waals surface area contributed by atoms with Crippen molar-refractivity contribution in [2.24, 2.45) is 17.1 Å². The van der Waals surface area contributed by atoms with Crippen molar-refractivity contribution >= 4 is 17.7 Å². The van der Waals surface area contributed by atoms with Gasteiger partial charge in [0.15, 0.2) is 0 Å². The molecule has 0 bridgehead atoms.